The Kier molecular flexibility index (Phi) is 8.20. The highest BCUT2D eigenvalue weighted by Crippen LogP contribution is 2.22. The van der Waals surface area contributed by atoms with Crippen molar-refractivity contribution in [3.8, 4) is 5.75 Å². The summed E-state index contributed by atoms with van der Waals surface area (Å²) in [5.74, 6) is 1.10. The lowest BCUT2D eigenvalue weighted by Gasteiger charge is -2.34. The van der Waals surface area contributed by atoms with Gasteiger partial charge in [-0.1, -0.05) is 31.4 Å². The van der Waals surface area contributed by atoms with Gasteiger partial charge in [0.15, 0.2) is 0 Å². The minimum absolute atomic E-state index is 0.0849. The summed E-state index contributed by atoms with van der Waals surface area (Å²) in [5.41, 5.74) is 0.587. The van der Waals surface area contributed by atoms with Gasteiger partial charge >= 0.3 is 6.03 Å². The molecule has 1 aliphatic carbocycles. The maximum absolute atomic E-state index is 12.5. The Hall–Kier alpha value is -2.24. The second-order valence-corrected chi connectivity index (χ2v) is 8.19. The van der Waals surface area contributed by atoms with E-state index < -0.39 is 0 Å². The molecule has 0 aromatic heterocycles. The minimum atomic E-state index is -0.0849. The van der Waals surface area contributed by atoms with E-state index in [4.69, 9.17) is 4.74 Å². The van der Waals surface area contributed by atoms with Gasteiger partial charge in [0.1, 0.15) is 5.75 Å². The van der Waals surface area contributed by atoms with E-state index in [1.165, 1.54) is 19.3 Å². The molecule has 1 heterocycles. The maximum atomic E-state index is 12.5. The van der Waals surface area contributed by atoms with Gasteiger partial charge in [0, 0.05) is 25.7 Å². The zero-order valence-corrected chi connectivity index (χ0v) is 17.6. The highest BCUT2D eigenvalue weighted by Gasteiger charge is 2.25. The fourth-order valence-corrected chi connectivity index (χ4v) is 4.36. The molecule has 2 fully saturated rings. The average Bonchev–Trinajstić information content (AvgIpc) is 2.75. The number of urea groups is 1. The molecule has 2 N–H and O–H groups in total. The van der Waals surface area contributed by atoms with E-state index >= 15 is 0 Å². The van der Waals surface area contributed by atoms with Crippen LogP contribution in [0.4, 0.5) is 4.79 Å². The van der Waals surface area contributed by atoms with E-state index in [-0.39, 0.29) is 11.9 Å². The number of nitrogens with one attached hydrogen (secondary N) is 2. The number of para-hydroxylation sites is 1. The smallest absolute Gasteiger partial charge is 0.317 e. The number of hydrogen-bond acceptors (Lipinski definition) is 3. The summed E-state index contributed by atoms with van der Waals surface area (Å²) in [6.07, 6.45) is 8.95. The molecule has 160 valence electrons. The second-order valence-electron chi connectivity index (χ2n) is 8.19. The zero-order chi connectivity index (χ0) is 20.5. The van der Waals surface area contributed by atoms with Crippen molar-refractivity contribution in [1.82, 2.24) is 15.5 Å². The lowest BCUT2D eigenvalue weighted by atomic mass is 9.93. The van der Waals surface area contributed by atoms with Crippen molar-refractivity contribution in [2.75, 3.05) is 26.2 Å². The van der Waals surface area contributed by atoms with Crippen molar-refractivity contribution in [2.45, 2.75) is 64.3 Å². The SMILES string of the molecule is CCOc1ccccc1C(=O)NCCC1CCN(C(=O)NC2CCCCC2)CC1. The van der Waals surface area contributed by atoms with Gasteiger partial charge in [-0.2, -0.15) is 0 Å². The Bertz CT molecular complexity index is 665. The zero-order valence-electron chi connectivity index (χ0n) is 17.6. The first-order chi connectivity index (χ1) is 14.2. The number of nitrogens with zero attached hydrogens (tertiary/aromatic N) is 1. The van der Waals surface area contributed by atoms with Crippen LogP contribution in [0.1, 0.15) is 68.6 Å². The van der Waals surface area contributed by atoms with Crippen molar-refractivity contribution < 1.29 is 14.3 Å². The van der Waals surface area contributed by atoms with Gasteiger partial charge in [-0.05, 0) is 57.1 Å². The van der Waals surface area contributed by atoms with Crippen LogP contribution in [0.3, 0.4) is 0 Å². The molecule has 29 heavy (non-hydrogen) atoms. The molecule has 1 saturated heterocycles. The van der Waals surface area contributed by atoms with Crippen LogP contribution in [0.25, 0.3) is 0 Å². The van der Waals surface area contributed by atoms with Gasteiger partial charge in [-0.3, -0.25) is 4.79 Å². The van der Waals surface area contributed by atoms with Crippen LogP contribution in [-0.4, -0.2) is 49.1 Å². The predicted molar refractivity (Wildman–Crippen MR) is 114 cm³/mol. The number of likely N-dealkylation sites (tertiary alicyclic amines) is 1. The molecule has 0 atom stereocenters. The van der Waals surface area contributed by atoms with E-state index in [1.54, 1.807) is 6.07 Å². The second kappa shape index (κ2) is 11.1. The average molecular weight is 402 g/mol. The van der Waals surface area contributed by atoms with Crippen molar-refractivity contribution in [1.29, 1.82) is 0 Å². The molecule has 1 aromatic carbocycles. The van der Waals surface area contributed by atoms with E-state index in [2.05, 4.69) is 10.6 Å². The van der Waals surface area contributed by atoms with Crippen molar-refractivity contribution >= 4 is 11.9 Å². The Morgan fingerprint density at radius 2 is 1.79 bits per heavy atom. The van der Waals surface area contributed by atoms with Gasteiger partial charge in [-0.25, -0.2) is 4.79 Å². The van der Waals surface area contributed by atoms with Crippen molar-refractivity contribution in [3.05, 3.63) is 29.8 Å². The first-order valence-electron chi connectivity index (χ1n) is 11.2. The van der Waals surface area contributed by atoms with Crippen LogP contribution in [0.15, 0.2) is 24.3 Å². The molecule has 6 heteroatoms. The molecule has 3 amide bonds. The number of carbonyl (C=O) groups excluding carboxylic acids is 2. The number of amides is 3. The normalized spacial score (nSPS) is 18.3. The quantitative estimate of drug-likeness (QED) is 0.726. The van der Waals surface area contributed by atoms with Gasteiger partial charge in [0.2, 0.25) is 0 Å². The van der Waals surface area contributed by atoms with Crippen LogP contribution >= 0.6 is 0 Å². The third-order valence-electron chi connectivity index (χ3n) is 6.10. The van der Waals surface area contributed by atoms with Crippen molar-refractivity contribution in [2.24, 2.45) is 5.92 Å². The number of carbonyl (C=O) groups is 2. The highest BCUT2D eigenvalue weighted by molar-refractivity contribution is 5.96. The van der Waals surface area contributed by atoms with E-state index in [9.17, 15) is 9.59 Å². The molecule has 6 nitrogen and oxygen atoms in total. The summed E-state index contributed by atoms with van der Waals surface area (Å²) in [6, 6.07) is 7.82. The van der Waals surface area contributed by atoms with Gasteiger partial charge < -0.3 is 20.3 Å². The number of piperidine rings is 1. The third-order valence-corrected chi connectivity index (χ3v) is 6.10. The highest BCUT2D eigenvalue weighted by atomic mass is 16.5. The standard InChI is InChI=1S/C23H35N3O3/c1-2-29-21-11-7-6-10-20(21)22(27)24-15-12-18-13-16-26(17-14-18)23(28)25-19-8-4-3-5-9-19/h6-7,10-11,18-19H,2-5,8-9,12-17H2,1H3,(H,24,27)(H,25,28). The molecule has 2 aliphatic rings. The topological polar surface area (TPSA) is 70.7 Å². The monoisotopic (exact) mass is 401 g/mol. The molecule has 1 aromatic rings. The van der Waals surface area contributed by atoms with Crippen LogP contribution in [-0.2, 0) is 0 Å². The number of benzene rings is 1. The summed E-state index contributed by atoms with van der Waals surface area (Å²) < 4.78 is 5.54. The fraction of sp³-hybridized carbons (Fsp3) is 0.652. The van der Waals surface area contributed by atoms with Gasteiger partial charge in [0.25, 0.3) is 5.91 Å². The summed E-state index contributed by atoms with van der Waals surface area (Å²) in [7, 11) is 0. The van der Waals surface area contributed by atoms with Crippen LogP contribution in [0.2, 0.25) is 0 Å². The predicted octanol–water partition coefficient (Wildman–Crippen LogP) is 3.96. The third kappa shape index (κ3) is 6.38. The van der Waals surface area contributed by atoms with E-state index in [0.717, 1.165) is 45.2 Å². The minimum Gasteiger partial charge on any atom is -0.493 e. The molecule has 3 rings (SSSR count). The summed E-state index contributed by atoms with van der Waals surface area (Å²) in [6.45, 7) is 4.72. The molecule has 0 bridgehead atoms. The van der Waals surface area contributed by atoms with E-state index in [1.807, 2.05) is 30.0 Å². The molecule has 0 spiro atoms. The largest absolute Gasteiger partial charge is 0.493 e. The Morgan fingerprint density at radius 1 is 1.07 bits per heavy atom. The van der Waals surface area contributed by atoms with Crippen LogP contribution in [0, 0.1) is 5.92 Å². The molecular formula is C23H35N3O3. The summed E-state index contributed by atoms with van der Waals surface area (Å²) >= 11 is 0. The Labute approximate surface area is 174 Å². The first kappa shape index (κ1) is 21.5. The Morgan fingerprint density at radius 3 is 2.52 bits per heavy atom. The van der Waals surface area contributed by atoms with Crippen LogP contribution < -0.4 is 15.4 Å². The van der Waals surface area contributed by atoms with Gasteiger partial charge in [-0.15, -0.1) is 0 Å². The van der Waals surface area contributed by atoms with Crippen LogP contribution in [0.5, 0.6) is 5.75 Å². The molecule has 0 unspecified atom stereocenters. The molecular weight excluding hydrogens is 366 g/mol. The van der Waals surface area contributed by atoms with Gasteiger partial charge in [0.05, 0.1) is 12.2 Å². The lowest BCUT2D eigenvalue weighted by Crippen LogP contribution is -2.48. The molecule has 1 aliphatic heterocycles. The summed E-state index contributed by atoms with van der Waals surface area (Å²) in [5, 5.41) is 6.23. The summed E-state index contributed by atoms with van der Waals surface area (Å²) in [4.78, 5) is 26.9. The number of hydrogen-bond donors (Lipinski definition) is 2. The Balaban J connectivity index is 1.36. The van der Waals surface area contributed by atoms with Crippen molar-refractivity contribution in [3.63, 3.8) is 0 Å². The first-order valence-corrected chi connectivity index (χ1v) is 11.2. The maximum Gasteiger partial charge on any atom is 0.317 e. The molecule has 1 saturated carbocycles. The number of ether oxygens (including phenoxy) is 1. The van der Waals surface area contributed by atoms with E-state index in [0.29, 0.717) is 36.4 Å². The fourth-order valence-electron chi connectivity index (χ4n) is 4.36. The lowest BCUT2D eigenvalue weighted by molar-refractivity contribution is 0.0945. The number of rotatable bonds is 7. The molecule has 0 radical (unpaired) electrons.